The average molecular weight is 313 g/mol. The van der Waals surface area contributed by atoms with Crippen LogP contribution in [-0.4, -0.2) is 28.3 Å². The van der Waals surface area contributed by atoms with Gasteiger partial charge in [-0.3, -0.25) is 9.59 Å². The van der Waals surface area contributed by atoms with Gasteiger partial charge < -0.3 is 10.2 Å². The van der Waals surface area contributed by atoms with E-state index in [-0.39, 0.29) is 35.8 Å². The first-order valence-electron chi connectivity index (χ1n) is 6.77. The van der Waals surface area contributed by atoms with Gasteiger partial charge in [-0.25, -0.2) is 4.39 Å². The molecule has 4 nitrogen and oxygen atoms in total. The number of halogens is 2. The van der Waals surface area contributed by atoms with Gasteiger partial charge in [-0.05, 0) is 26.8 Å². The molecule has 1 atom stereocenters. The quantitative estimate of drug-likeness (QED) is 0.912. The van der Waals surface area contributed by atoms with E-state index in [1.807, 2.05) is 0 Å². The van der Waals surface area contributed by atoms with Gasteiger partial charge in [0.1, 0.15) is 11.4 Å². The van der Waals surface area contributed by atoms with Crippen molar-refractivity contribution in [3.63, 3.8) is 0 Å². The first-order valence-corrected chi connectivity index (χ1v) is 7.15. The normalized spacial score (nSPS) is 22.0. The van der Waals surface area contributed by atoms with E-state index in [9.17, 15) is 14.0 Å². The molecule has 1 aromatic carbocycles. The number of benzene rings is 1. The molecule has 6 heteroatoms. The van der Waals surface area contributed by atoms with E-state index in [1.165, 1.54) is 11.0 Å². The Balaban J connectivity index is 2.34. The van der Waals surface area contributed by atoms with E-state index in [0.717, 1.165) is 0 Å². The first kappa shape index (κ1) is 15.8. The lowest BCUT2D eigenvalue weighted by molar-refractivity contribution is -0.139. The molecule has 1 aliphatic rings. The van der Waals surface area contributed by atoms with Gasteiger partial charge in [0.25, 0.3) is 0 Å². The molecule has 0 saturated carbocycles. The average Bonchev–Trinajstić information content (AvgIpc) is 2.44. The third-order valence-electron chi connectivity index (χ3n) is 3.63. The zero-order chi connectivity index (χ0) is 15.8. The molecule has 2 amide bonds. The summed E-state index contributed by atoms with van der Waals surface area (Å²) < 4.78 is 14.0. The van der Waals surface area contributed by atoms with Crippen LogP contribution in [0.3, 0.4) is 0 Å². The number of rotatable bonds is 2. The van der Waals surface area contributed by atoms with Gasteiger partial charge in [0.05, 0.1) is 5.02 Å². The number of carbonyl (C=O) groups excluding carboxylic acids is 2. The lowest BCUT2D eigenvalue weighted by Crippen LogP contribution is -2.53. The number of hydrogen-bond acceptors (Lipinski definition) is 2. The van der Waals surface area contributed by atoms with Crippen molar-refractivity contribution in [1.82, 2.24) is 10.2 Å². The molecule has 1 N–H and O–H groups in total. The zero-order valence-electron chi connectivity index (χ0n) is 12.2. The van der Waals surface area contributed by atoms with Crippen LogP contribution in [0.15, 0.2) is 18.2 Å². The third-order valence-corrected chi connectivity index (χ3v) is 3.92. The molecule has 0 aromatic heterocycles. The summed E-state index contributed by atoms with van der Waals surface area (Å²) in [6, 6.07) is 4.39. The molecule has 0 aliphatic carbocycles. The Morgan fingerprint density at radius 3 is 2.76 bits per heavy atom. The van der Waals surface area contributed by atoms with Crippen molar-refractivity contribution in [3.8, 4) is 0 Å². The molecule has 1 fully saturated rings. The summed E-state index contributed by atoms with van der Waals surface area (Å²) in [6.45, 7) is 5.16. The second kappa shape index (κ2) is 5.64. The molecule has 1 aliphatic heterocycles. The van der Waals surface area contributed by atoms with Gasteiger partial charge in [-0.1, -0.05) is 23.7 Å². The number of amides is 2. The Kier molecular flexibility index (Phi) is 4.23. The first-order chi connectivity index (χ1) is 9.72. The highest BCUT2D eigenvalue weighted by Gasteiger charge is 2.39. The molecule has 114 valence electrons. The molecular formula is C15H18ClFN2O2. The highest BCUT2D eigenvalue weighted by molar-refractivity contribution is 6.30. The van der Waals surface area contributed by atoms with E-state index >= 15 is 0 Å². The summed E-state index contributed by atoms with van der Waals surface area (Å²) in [5.74, 6) is -0.948. The molecule has 1 heterocycles. The Morgan fingerprint density at radius 1 is 1.43 bits per heavy atom. The van der Waals surface area contributed by atoms with Crippen molar-refractivity contribution >= 4 is 23.4 Å². The summed E-state index contributed by atoms with van der Waals surface area (Å²) in [5.41, 5.74) is -0.662. The second-order valence-electron chi connectivity index (χ2n) is 5.87. The molecular weight excluding hydrogens is 295 g/mol. The fourth-order valence-electron chi connectivity index (χ4n) is 2.47. The van der Waals surface area contributed by atoms with E-state index in [0.29, 0.717) is 5.56 Å². The maximum Gasteiger partial charge on any atom is 0.248 e. The number of carbonyl (C=O) groups is 2. The minimum atomic E-state index is -1.00. The number of hydrogen-bond donors (Lipinski definition) is 1. The Morgan fingerprint density at radius 2 is 2.10 bits per heavy atom. The van der Waals surface area contributed by atoms with Crippen LogP contribution in [-0.2, 0) is 16.1 Å². The molecule has 1 unspecified atom stereocenters. The van der Waals surface area contributed by atoms with Crippen molar-refractivity contribution < 1.29 is 14.0 Å². The standard InChI is InChI=1S/C15H18ClFN2O2/c1-9-7-12(20)18-15(2,3)14(21)19(9)8-10-5-4-6-11(16)13(10)17/h4-6,9H,7-8H2,1-3H3,(H,18,20). The number of nitrogens with one attached hydrogen (secondary N) is 1. The van der Waals surface area contributed by atoms with E-state index in [4.69, 9.17) is 11.6 Å². The Hall–Kier alpha value is -1.62. The van der Waals surface area contributed by atoms with Crippen molar-refractivity contribution in [1.29, 1.82) is 0 Å². The maximum atomic E-state index is 14.0. The lowest BCUT2D eigenvalue weighted by atomic mass is 10.0. The fourth-order valence-corrected chi connectivity index (χ4v) is 2.67. The summed E-state index contributed by atoms with van der Waals surface area (Å²) in [4.78, 5) is 25.9. The molecule has 0 bridgehead atoms. The van der Waals surface area contributed by atoms with Gasteiger partial charge >= 0.3 is 0 Å². The molecule has 0 radical (unpaired) electrons. The monoisotopic (exact) mass is 312 g/mol. The van der Waals surface area contributed by atoms with Crippen molar-refractivity contribution in [2.75, 3.05) is 0 Å². The lowest BCUT2D eigenvalue weighted by Gasteiger charge is -2.32. The predicted molar refractivity (Wildman–Crippen MR) is 78.3 cm³/mol. The van der Waals surface area contributed by atoms with Crippen molar-refractivity contribution in [2.24, 2.45) is 0 Å². The molecule has 2 rings (SSSR count). The van der Waals surface area contributed by atoms with E-state index < -0.39 is 11.4 Å². The minimum Gasteiger partial charge on any atom is -0.342 e. The van der Waals surface area contributed by atoms with Gasteiger partial charge in [-0.15, -0.1) is 0 Å². The molecule has 0 spiro atoms. The molecule has 1 aromatic rings. The molecule has 21 heavy (non-hydrogen) atoms. The topological polar surface area (TPSA) is 49.4 Å². The van der Waals surface area contributed by atoms with E-state index in [1.54, 1.807) is 32.9 Å². The van der Waals surface area contributed by atoms with Gasteiger partial charge in [-0.2, -0.15) is 0 Å². The second-order valence-corrected chi connectivity index (χ2v) is 6.28. The minimum absolute atomic E-state index is 0.0240. The largest absolute Gasteiger partial charge is 0.342 e. The van der Waals surface area contributed by atoms with Gasteiger partial charge in [0, 0.05) is 24.6 Å². The van der Waals surface area contributed by atoms with Crippen molar-refractivity contribution in [3.05, 3.63) is 34.6 Å². The predicted octanol–water partition coefficient (Wildman–Crippen LogP) is 2.49. The fraction of sp³-hybridized carbons (Fsp3) is 0.467. The van der Waals surface area contributed by atoms with Gasteiger partial charge in [0.2, 0.25) is 11.8 Å². The van der Waals surface area contributed by atoms with Crippen LogP contribution in [0.25, 0.3) is 0 Å². The molecule has 1 saturated heterocycles. The zero-order valence-corrected chi connectivity index (χ0v) is 13.0. The third kappa shape index (κ3) is 3.18. The summed E-state index contributed by atoms with van der Waals surface area (Å²) >= 11 is 5.77. The van der Waals surface area contributed by atoms with Crippen LogP contribution in [0.5, 0.6) is 0 Å². The van der Waals surface area contributed by atoms with Crippen LogP contribution < -0.4 is 5.32 Å². The van der Waals surface area contributed by atoms with Crippen LogP contribution in [0.1, 0.15) is 32.8 Å². The summed E-state index contributed by atoms with van der Waals surface area (Å²) in [7, 11) is 0. The SMILES string of the molecule is CC1CC(=O)NC(C)(C)C(=O)N1Cc1cccc(Cl)c1F. The van der Waals surface area contributed by atoms with Crippen LogP contribution in [0.4, 0.5) is 4.39 Å². The highest BCUT2D eigenvalue weighted by Crippen LogP contribution is 2.24. The Labute approximate surface area is 128 Å². The van der Waals surface area contributed by atoms with E-state index in [2.05, 4.69) is 5.32 Å². The van der Waals surface area contributed by atoms with Crippen LogP contribution in [0, 0.1) is 5.82 Å². The van der Waals surface area contributed by atoms with Gasteiger partial charge in [0.15, 0.2) is 0 Å². The van der Waals surface area contributed by atoms with Crippen LogP contribution in [0.2, 0.25) is 5.02 Å². The smallest absolute Gasteiger partial charge is 0.248 e. The summed E-state index contributed by atoms with van der Waals surface area (Å²) in [6.07, 6.45) is 0.192. The maximum absolute atomic E-state index is 14.0. The Bertz CT molecular complexity index is 589. The van der Waals surface area contributed by atoms with Crippen molar-refractivity contribution in [2.45, 2.75) is 45.3 Å². The number of nitrogens with zero attached hydrogens (tertiary/aromatic N) is 1. The highest BCUT2D eigenvalue weighted by atomic mass is 35.5. The van der Waals surface area contributed by atoms with Crippen LogP contribution >= 0.6 is 11.6 Å². The summed E-state index contributed by atoms with van der Waals surface area (Å²) in [5, 5.41) is 2.71.